The largest absolute Gasteiger partial charge is 0.542 e. The first-order chi connectivity index (χ1) is 15.5. The van der Waals surface area contributed by atoms with Crippen LogP contribution in [-0.4, -0.2) is 8.32 Å². The smallest absolute Gasteiger partial charge is 0.264 e. The van der Waals surface area contributed by atoms with Gasteiger partial charge in [-0.05, 0) is 48.6 Å². The lowest BCUT2D eigenvalue weighted by Crippen LogP contribution is -2.50. The fourth-order valence-corrected chi connectivity index (χ4v) is 9.03. The molecule has 0 N–H and O–H groups in total. The van der Waals surface area contributed by atoms with Gasteiger partial charge in [-0.1, -0.05) is 109 Å². The fraction of sp³-hybridized carbons (Fsp3) is 0.200. The molecule has 162 valence electrons. The molecule has 0 saturated heterocycles. The third kappa shape index (κ3) is 5.57. The SMILES string of the molecule is Cc1cc(C)c(O[Si](Cc2ccccc2)(Cc2ccccc2)Cc2ccccc2)c(C)c1. The number of benzene rings is 4. The maximum atomic E-state index is 7.27. The summed E-state index contributed by atoms with van der Waals surface area (Å²) in [7, 11) is -2.34. The molecular weight excluding hydrogens is 404 g/mol. The van der Waals surface area contributed by atoms with Crippen LogP contribution in [0.25, 0.3) is 0 Å². The second-order valence-corrected chi connectivity index (χ2v) is 12.6. The van der Waals surface area contributed by atoms with Crippen molar-refractivity contribution in [2.75, 3.05) is 0 Å². The Balaban J connectivity index is 1.82. The van der Waals surface area contributed by atoms with Gasteiger partial charge in [0.2, 0.25) is 0 Å². The predicted molar refractivity (Wildman–Crippen MR) is 137 cm³/mol. The number of rotatable bonds is 8. The molecule has 32 heavy (non-hydrogen) atoms. The van der Waals surface area contributed by atoms with Gasteiger partial charge in [0.05, 0.1) is 0 Å². The Morgan fingerprint density at radius 3 is 1.22 bits per heavy atom. The summed E-state index contributed by atoms with van der Waals surface area (Å²) in [6.45, 7) is 6.52. The Bertz CT molecular complexity index is 1010. The average Bonchev–Trinajstić information content (AvgIpc) is 2.78. The molecule has 0 bridgehead atoms. The van der Waals surface area contributed by atoms with E-state index in [1.54, 1.807) is 0 Å². The van der Waals surface area contributed by atoms with Crippen molar-refractivity contribution in [1.82, 2.24) is 0 Å². The van der Waals surface area contributed by atoms with Crippen molar-refractivity contribution in [2.45, 2.75) is 38.9 Å². The zero-order valence-electron chi connectivity index (χ0n) is 19.3. The van der Waals surface area contributed by atoms with E-state index in [1.165, 1.54) is 33.4 Å². The average molecular weight is 437 g/mol. The van der Waals surface area contributed by atoms with Crippen molar-refractivity contribution in [3.05, 3.63) is 137 Å². The summed E-state index contributed by atoms with van der Waals surface area (Å²) < 4.78 is 7.27. The second-order valence-electron chi connectivity index (χ2n) is 9.00. The molecule has 2 heteroatoms. The van der Waals surface area contributed by atoms with Gasteiger partial charge >= 0.3 is 0 Å². The van der Waals surface area contributed by atoms with Crippen molar-refractivity contribution in [1.29, 1.82) is 0 Å². The molecule has 0 fully saturated rings. The number of hydrogen-bond donors (Lipinski definition) is 0. The highest BCUT2D eigenvalue weighted by Crippen LogP contribution is 2.32. The van der Waals surface area contributed by atoms with Gasteiger partial charge in [0.25, 0.3) is 8.32 Å². The lowest BCUT2D eigenvalue weighted by molar-refractivity contribution is 0.516. The molecule has 0 aliphatic carbocycles. The Morgan fingerprint density at radius 2 is 0.875 bits per heavy atom. The monoisotopic (exact) mass is 436 g/mol. The molecule has 0 amide bonds. The molecule has 0 unspecified atom stereocenters. The van der Waals surface area contributed by atoms with Crippen LogP contribution in [0.3, 0.4) is 0 Å². The first-order valence-corrected chi connectivity index (χ1v) is 13.9. The van der Waals surface area contributed by atoms with Crippen LogP contribution in [0.2, 0.25) is 0 Å². The van der Waals surface area contributed by atoms with Gasteiger partial charge in [0, 0.05) is 18.1 Å². The van der Waals surface area contributed by atoms with Crippen molar-refractivity contribution in [2.24, 2.45) is 0 Å². The third-order valence-electron chi connectivity index (χ3n) is 6.03. The molecule has 0 saturated carbocycles. The van der Waals surface area contributed by atoms with Crippen LogP contribution in [0, 0.1) is 20.8 Å². The highest BCUT2D eigenvalue weighted by molar-refractivity contribution is 6.73. The molecule has 0 radical (unpaired) electrons. The Kier molecular flexibility index (Phi) is 6.92. The third-order valence-corrected chi connectivity index (χ3v) is 9.83. The summed E-state index contributed by atoms with van der Waals surface area (Å²) in [5, 5.41) is 0. The molecule has 4 aromatic rings. The minimum atomic E-state index is -2.34. The maximum absolute atomic E-state index is 7.27. The summed E-state index contributed by atoms with van der Waals surface area (Å²) in [5.74, 6) is 1.07. The Morgan fingerprint density at radius 1 is 0.531 bits per heavy atom. The highest BCUT2D eigenvalue weighted by Gasteiger charge is 2.38. The Hall–Kier alpha value is -3.10. The van der Waals surface area contributed by atoms with Gasteiger partial charge in [-0.2, -0.15) is 0 Å². The van der Waals surface area contributed by atoms with E-state index in [4.69, 9.17) is 4.43 Å². The standard InChI is InChI=1S/C30H32OSi/c1-24-19-25(2)30(26(3)20-24)31-32(21-27-13-7-4-8-14-27,22-28-15-9-5-10-16-28)23-29-17-11-6-12-18-29/h4-20H,21-23H2,1-3H3. The minimum Gasteiger partial charge on any atom is -0.542 e. The molecule has 0 spiro atoms. The lowest BCUT2D eigenvalue weighted by atomic mass is 10.1. The minimum absolute atomic E-state index is 0.977. The quantitative estimate of drug-likeness (QED) is 0.264. The van der Waals surface area contributed by atoms with Crippen LogP contribution in [-0.2, 0) is 18.1 Å². The molecule has 1 nitrogen and oxygen atoms in total. The van der Waals surface area contributed by atoms with Crippen LogP contribution in [0.4, 0.5) is 0 Å². The van der Waals surface area contributed by atoms with E-state index in [0.29, 0.717) is 0 Å². The van der Waals surface area contributed by atoms with Gasteiger partial charge in [-0.25, -0.2) is 0 Å². The number of aryl methyl sites for hydroxylation is 3. The zero-order valence-corrected chi connectivity index (χ0v) is 20.3. The first kappa shape index (κ1) is 22.1. The maximum Gasteiger partial charge on any atom is 0.264 e. The van der Waals surface area contributed by atoms with Gasteiger partial charge in [-0.15, -0.1) is 0 Å². The van der Waals surface area contributed by atoms with E-state index in [1.807, 2.05) is 0 Å². The molecule has 4 rings (SSSR count). The molecular formula is C30H32OSi. The molecule has 4 aromatic carbocycles. The molecule has 0 aliphatic rings. The van der Waals surface area contributed by atoms with Gasteiger partial charge < -0.3 is 4.43 Å². The van der Waals surface area contributed by atoms with E-state index in [-0.39, 0.29) is 0 Å². The van der Waals surface area contributed by atoms with Crippen molar-refractivity contribution in [3.63, 3.8) is 0 Å². The first-order valence-electron chi connectivity index (χ1n) is 11.4. The van der Waals surface area contributed by atoms with Gasteiger partial charge in [0.15, 0.2) is 0 Å². The molecule has 0 atom stereocenters. The van der Waals surface area contributed by atoms with E-state index in [0.717, 1.165) is 23.9 Å². The summed E-state index contributed by atoms with van der Waals surface area (Å²) in [6, 6.07) is 40.0. The molecule has 0 aliphatic heterocycles. The van der Waals surface area contributed by atoms with E-state index in [9.17, 15) is 0 Å². The molecule has 0 aromatic heterocycles. The van der Waals surface area contributed by atoms with E-state index in [2.05, 4.69) is 124 Å². The summed E-state index contributed by atoms with van der Waals surface area (Å²) >= 11 is 0. The normalized spacial score (nSPS) is 11.3. The van der Waals surface area contributed by atoms with Crippen LogP contribution in [0.1, 0.15) is 33.4 Å². The van der Waals surface area contributed by atoms with Crippen molar-refractivity contribution >= 4 is 8.32 Å². The summed E-state index contributed by atoms with van der Waals surface area (Å²) in [4.78, 5) is 0. The van der Waals surface area contributed by atoms with Crippen LogP contribution < -0.4 is 4.43 Å². The van der Waals surface area contributed by atoms with Crippen LogP contribution in [0.15, 0.2) is 103 Å². The van der Waals surface area contributed by atoms with E-state index < -0.39 is 8.32 Å². The summed E-state index contributed by atoms with van der Waals surface area (Å²) in [5.41, 5.74) is 7.81. The van der Waals surface area contributed by atoms with Gasteiger partial charge in [0.1, 0.15) is 5.75 Å². The topological polar surface area (TPSA) is 9.23 Å². The fourth-order valence-electron chi connectivity index (χ4n) is 4.74. The van der Waals surface area contributed by atoms with Crippen molar-refractivity contribution < 1.29 is 4.43 Å². The van der Waals surface area contributed by atoms with E-state index >= 15 is 0 Å². The predicted octanol–water partition coefficient (Wildman–Crippen LogP) is 7.28. The number of hydrogen-bond acceptors (Lipinski definition) is 1. The highest BCUT2D eigenvalue weighted by atomic mass is 28.4. The molecule has 0 heterocycles. The van der Waals surface area contributed by atoms with Gasteiger partial charge in [-0.3, -0.25) is 0 Å². The zero-order chi connectivity index (χ0) is 22.4. The van der Waals surface area contributed by atoms with Crippen LogP contribution >= 0.6 is 0 Å². The Labute approximate surface area is 193 Å². The second kappa shape index (κ2) is 10.0. The lowest BCUT2D eigenvalue weighted by Gasteiger charge is -2.34. The van der Waals surface area contributed by atoms with Crippen molar-refractivity contribution in [3.8, 4) is 5.75 Å². The van der Waals surface area contributed by atoms with Crippen LogP contribution in [0.5, 0.6) is 5.75 Å². The summed E-state index contributed by atoms with van der Waals surface area (Å²) in [6.07, 6.45) is 0.